The Labute approximate surface area is 95.5 Å². The van der Waals surface area contributed by atoms with Gasteiger partial charge in [0.2, 0.25) is 0 Å². The third-order valence-electron chi connectivity index (χ3n) is 2.89. The molecule has 0 heterocycles. The maximum absolute atomic E-state index is 5.67. The van der Waals surface area contributed by atoms with E-state index < -0.39 is 9.28 Å². The molecule has 88 valence electrons. The monoisotopic (exact) mass is 228 g/mol. The van der Waals surface area contributed by atoms with E-state index in [2.05, 4.69) is 26.0 Å². The molecule has 3 heteroatoms. The molecule has 1 aliphatic carbocycles. The number of rotatable bonds is 7. The van der Waals surface area contributed by atoms with Crippen molar-refractivity contribution < 1.29 is 8.85 Å². The van der Waals surface area contributed by atoms with Gasteiger partial charge in [0.15, 0.2) is 0 Å². The van der Waals surface area contributed by atoms with Gasteiger partial charge in [-0.1, -0.05) is 12.2 Å². The zero-order valence-electron chi connectivity index (χ0n) is 10.1. The quantitative estimate of drug-likeness (QED) is 0.492. The number of hydrogen-bond donors (Lipinski definition) is 0. The van der Waals surface area contributed by atoms with Gasteiger partial charge in [-0.2, -0.15) is 0 Å². The third-order valence-corrected chi connectivity index (χ3v) is 5.11. The van der Waals surface area contributed by atoms with Crippen molar-refractivity contribution in [3.8, 4) is 0 Å². The van der Waals surface area contributed by atoms with Crippen molar-refractivity contribution in [1.82, 2.24) is 0 Å². The highest BCUT2D eigenvalue weighted by atomic mass is 28.3. The highest BCUT2D eigenvalue weighted by Gasteiger charge is 2.16. The minimum absolute atomic E-state index is 0.807. The molecule has 0 aliphatic heterocycles. The zero-order valence-corrected chi connectivity index (χ0v) is 11.2. The van der Waals surface area contributed by atoms with Gasteiger partial charge in [0, 0.05) is 13.2 Å². The van der Waals surface area contributed by atoms with E-state index in [0.717, 1.165) is 19.1 Å². The maximum Gasteiger partial charge on any atom is 0.321 e. The van der Waals surface area contributed by atoms with Gasteiger partial charge in [-0.3, -0.25) is 0 Å². The largest absolute Gasteiger partial charge is 0.397 e. The van der Waals surface area contributed by atoms with Gasteiger partial charge in [0.05, 0.1) is 0 Å². The topological polar surface area (TPSA) is 18.5 Å². The van der Waals surface area contributed by atoms with Crippen LogP contribution in [-0.2, 0) is 8.85 Å². The standard InChI is InChI=1S/C12H24O2Si/c1-3-13-15(14-4-2)11-10-12-8-6-5-7-9-12/h5-6,12,15H,3-4,7-11H2,1-2H3. The Balaban J connectivity index is 2.16. The maximum atomic E-state index is 5.67. The summed E-state index contributed by atoms with van der Waals surface area (Å²) < 4.78 is 11.3. The summed E-state index contributed by atoms with van der Waals surface area (Å²) in [7, 11) is -1.33. The Morgan fingerprint density at radius 2 is 1.93 bits per heavy atom. The molecule has 0 N–H and O–H groups in total. The molecular weight excluding hydrogens is 204 g/mol. The first-order valence-electron chi connectivity index (χ1n) is 6.25. The second-order valence-corrected chi connectivity index (χ2v) is 6.17. The van der Waals surface area contributed by atoms with Crippen LogP contribution in [0.4, 0.5) is 0 Å². The van der Waals surface area contributed by atoms with Crippen molar-refractivity contribution in [2.24, 2.45) is 5.92 Å². The molecule has 0 saturated heterocycles. The third kappa shape index (κ3) is 5.49. The molecule has 0 saturated carbocycles. The summed E-state index contributed by atoms with van der Waals surface area (Å²) in [6.45, 7) is 5.73. The summed E-state index contributed by atoms with van der Waals surface area (Å²) in [6, 6.07) is 1.18. The molecule has 1 aliphatic rings. The molecule has 0 bridgehead atoms. The molecule has 0 radical (unpaired) electrons. The number of hydrogen-bond acceptors (Lipinski definition) is 2. The predicted octanol–water partition coefficient (Wildman–Crippen LogP) is 3.03. The molecule has 0 fully saturated rings. The molecule has 0 amide bonds. The van der Waals surface area contributed by atoms with E-state index in [4.69, 9.17) is 8.85 Å². The molecule has 1 unspecified atom stereocenters. The molecule has 0 aromatic carbocycles. The lowest BCUT2D eigenvalue weighted by atomic mass is 9.92. The second-order valence-electron chi connectivity index (χ2n) is 4.07. The van der Waals surface area contributed by atoms with Gasteiger partial charge in [-0.05, 0) is 51.5 Å². The normalized spacial score (nSPS) is 21.1. The van der Waals surface area contributed by atoms with Gasteiger partial charge in [0.25, 0.3) is 0 Å². The summed E-state index contributed by atoms with van der Waals surface area (Å²) in [4.78, 5) is 0. The first kappa shape index (κ1) is 12.9. The fraction of sp³-hybridized carbons (Fsp3) is 0.833. The van der Waals surface area contributed by atoms with Gasteiger partial charge in [0.1, 0.15) is 0 Å². The summed E-state index contributed by atoms with van der Waals surface area (Å²) in [6.07, 6.45) is 9.80. The predicted molar refractivity (Wildman–Crippen MR) is 66.3 cm³/mol. The van der Waals surface area contributed by atoms with Crippen molar-refractivity contribution in [3.63, 3.8) is 0 Å². The van der Waals surface area contributed by atoms with Crippen molar-refractivity contribution in [2.45, 2.75) is 45.6 Å². The van der Waals surface area contributed by atoms with Gasteiger partial charge >= 0.3 is 9.28 Å². The van der Waals surface area contributed by atoms with Crippen LogP contribution in [0.25, 0.3) is 0 Å². The molecule has 1 atom stereocenters. The molecule has 2 nitrogen and oxygen atoms in total. The van der Waals surface area contributed by atoms with Crippen LogP contribution in [0.15, 0.2) is 12.2 Å². The molecular formula is C12H24O2Si. The minimum Gasteiger partial charge on any atom is -0.397 e. The number of allylic oxidation sites excluding steroid dienone is 2. The lowest BCUT2D eigenvalue weighted by Gasteiger charge is -2.20. The van der Waals surface area contributed by atoms with Crippen LogP contribution in [0.2, 0.25) is 6.04 Å². The summed E-state index contributed by atoms with van der Waals surface area (Å²) in [5.41, 5.74) is 0. The Hall–Kier alpha value is -0.123. The van der Waals surface area contributed by atoms with Crippen molar-refractivity contribution >= 4 is 9.28 Å². The zero-order chi connectivity index (χ0) is 10.9. The van der Waals surface area contributed by atoms with Crippen LogP contribution in [0.3, 0.4) is 0 Å². The van der Waals surface area contributed by atoms with Crippen LogP contribution in [0, 0.1) is 5.92 Å². The summed E-state index contributed by atoms with van der Waals surface area (Å²) >= 11 is 0. The van der Waals surface area contributed by atoms with E-state index in [-0.39, 0.29) is 0 Å². The van der Waals surface area contributed by atoms with E-state index in [1.807, 2.05) is 0 Å². The first-order chi connectivity index (χ1) is 7.36. The second kappa shape index (κ2) is 8.08. The molecule has 0 aromatic heterocycles. The lowest BCUT2D eigenvalue weighted by Crippen LogP contribution is -2.23. The van der Waals surface area contributed by atoms with Crippen LogP contribution in [-0.4, -0.2) is 22.5 Å². The van der Waals surface area contributed by atoms with Crippen LogP contribution in [0.5, 0.6) is 0 Å². The minimum atomic E-state index is -1.33. The van der Waals surface area contributed by atoms with E-state index in [9.17, 15) is 0 Å². The van der Waals surface area contributed by atoms with Gasteiger partial charge in [-0.25, -0.2) is 0 Å². The lowest BCUT2D eigenvalue weighted by molar-refractivity contribution is 0.210. The molecule has 1 rings (SSSR count). The SMILES string of the molecule is CCO[SiH](CCC1CC=CCC1)OCC. The Kier molecular flexibility index (Phi) is 6.97. The Bertz CT molecular complexity index is 176. The van der Waals surface area contributed by atoms with E-state index in [0.29, 0.717) is 0 Å². The average Bonchev–Trinajstić information content (AvgIpc) is 2.28. The van der Waals surface area contributed by atoms with Crippen LogP contribution in [0.1, 0.15) is 39.5 Å². The summed E-state index contributed by atoms with van der Waals surface area (Å²) in [5.74, 6) is 0.880. The van der Waals surface area contributed by atoms with E-state index in [1.54, 1.807) is 0 Å². The first-order valence-corrected chi connectivity index (χ1v) is 8.01. The molecule has 0 aromatic rings. The van der Waals surface area contributed by atoms with E-state index in [1.165, 1.54) is 31.7 Å². The molecule has 0 spiro atoms. The smallest absolute Gasteiger partial charge is 0.321 e. The van der Waals surface area contributed by atoms with Gasteiger partial charge < -0.3 is 8.85 Å². The summed E-state index contributed by atoms with van der Waals surface area (Å²) in [5, 5.41) is 0. The van der Waals surface area contributed by atoms with Crippen LogP contribution >= 0.6 is 0 Å². The fourth-order valence-corrected chi connectivity index (χ4v) is 3.99. The van der Waals surface area contributed by atoms with Crippen molar-refractivity contribution in [1.29, 1.82) is 0 Å². The van der Waals surface area contributed by atoms with E-state index >= 15 is 0 Å². The van der Waals surface area contributed by atoms with Crippen molar-refractivity contribution in [2.75, 3.05) is 13.2 Å². The Morgan fingerprint density at radius 1 is 1.20 bits per heavy atom. The van der Waals surface area contributed by atoms with Gasteiger partial charge in [-0.15, -0.1) is 0 Å². The van der Waals surface area contributed by atoms with Crippen LogP contribution < -0.4 is 0 Å². The highest BCUT2D eigenvalue weighted by Crippen LogP contribution is 2.23. The molecule has 15 heavy (non-hydrogen) atoms. The average molecular weight is 228 g/mol. The highest BCUT2D eigenvalue weighted by molar-refractivity contribution is 6.44. The Morgan fingerprint density at radius 3 is 2.47 bits per heavy atom. The fourth-order valence-electron chi connectivity index (χ4n) is 2.08. The van der Waals surface area contributed by atoms with Crippen molar-refractivity contribution in [3.05, 3.63) is 12.2 Å².